The van der Waals surface area contributed by atoms with Gasteiger partial charge in [-0.15, -0.1) is 0 Å². The van der Waals surface area contributed by atoms with Gasteiger partial charge in [-0.05, 0) is 29.3 Å². The first-order valence-electron chi connectivity index (χ1n) is 6.56. The average Bonchev–Trinajstić information content (AvgIpc) is 2.48. The highest BCUT2D eigenvalue weighted by atomic mass is 16.2. The zero-order valence-corrected chi connectivity index (χ0v) is 11.5. The fourth-order valence-electron chi connectivity index (χ4n) is 2.06. The van der Waals surface area contributed by atoms with Crippen molar-refractivity contribution in [3.63, 3.8) is 0 Å². The van der Waals surface area contributed by atoms with E-state index < -0.39 is 5.91 Å². The molecular weight excluding hydrogens is 266 g/mol. The van der Waals surface area contributed by atoms with Crippen LogP contribution in [0.5, 0.6) is 0 Å². The maximum Gasteiger partial charge on any atom is 0.248 e. The standard InChI is InChI=1S/C16H17N3O2/c17-10-13-5-2-1-4-11(13)9-15(20)19-14-7-3-6-12(8-14)16(18)21/h1-8H,9-10,17H2,(H2,18,21)(H,19,20). The van der Waals surface area contributed by atoms with Crippen molar-refractivity contribution in [1.82, 2.24) is 0 Å². The first-order chi connectivity index (χ1) is 10.1. The molecule has 5 N–H and O–H groups in total. The summed E-state index contributed by atoms with van der Waals surface area (Å²) in [6.45, 7) is 0.389. The Morgan fingerprint density at radius 1 is 1.00 bits per heavy atom. The van der Waals surface area contributed by atoms with Gasteiger partial charge in [0.1, 0.15) is 0 Å². The smallest absolute Gasteiger partial charge is 0.248 e. The van der Waals surface area contributed by atoms with E-state index in [9.17, 15) is 9.59 Å². The Hall–Kier alpha value is -2.66. The minimum Gasteiger partial charge on any atom is -0.366 e. The molecule has 0 aliphatic rings. The fourth-order valence-corrected chi connectivity index (χ4v) is 2.06. The van der Waals surface area contributed by atoms with Gasteiger partial charge in [-0.3, -0.25) is 9.59 Å². The van der Waals surface area contributed by atoms with Crippen LogP contribution in [0.1, 0.15) is 21.5 Å². The van der Waals surface area contributed by atoms with E-state index in [1.165, 1.54) is 0 Å². The Kier molecular flexibility index (Phi) is 4.68. The predicted octanol–water partition coefficient (Wildman–Crippen LogP) is 1.43. The van der Waals surface area contributed by atoms with Crippen LogP contribution < -0.4 is 16.8 Å². The largest absolute Gasteiger partial charge is 0.366 e. The van der Waals surface area contributed by atoms with Gasteiger partial charge in [-0.2, -0.15) is 0 Å². The highest BCUT2D eigenvalue weighted by molar-refractivity contribution is 5.96. The summed E-state index contributed by atoms with van der Waals surface area (Å²) in [5, 5.41) is 2.75. The molecule has 2 aromatic carbocycles. The van der Waals surface area contributed by atoms with Crippen LogP contribution in [0.4, 0.5) is 5.69 Å². The highest BCUT2D eigenvalue weighted by Gasteiger charge is 2.08. The van der Waals surface area contributed by atoms with Crippen molar-refractivity contribution >= 4 is 17.5 Å². The molecule has 0 aliphatic carbocycles. The van der Waals surface area contributed by atoms with Crippen LogP contribution in [0.2, 0.25) is 0 Å². The summed E-state index contributed by atoms with van der Waals surface area (Å²) in [5.41, 5.74) is 13.6. The maximum atomic E-state index is 12.1. The SMILES string of the molecule is NCc1ccccc1CC(=O)Nc1cccc(C(N)=O)c1. The molecule has 5 nitrogen and oxygen atoms in total. The molecule has 0 atom stereocenters. The van der Waals surface area contributed by atoms with Gasteiger partial charge in [0.15, 0.2) is 0 Å². The Morgan fingerprint density at radius 3 is 2.38 bits per heavy atom. The molecule has 0 aliphatic heterocycles. The summed E-state index contributed by atoms with van der Waals surface area (Å²) in [7, 11) is 0. The molecule has 0 saturated heterocycles. The lowest BCUT2D eigenvalue weighted by Crippen LogP contribution is -2.17. The molecule has 0 heterocycles. The van der Waals surface area contributed by atoms with Crippen molar-refractivity contribution in [2.75, 3.05) is 5.32 Å². The van der Waals surface area contributed by atoms with Crippen LogP contribution in [0, 0.1) is 0 Å². The molecular formula is C16H17N3O2. The first kappa shape index (κ1) is 14.7. The molecule has 21 heavy (non-hydrogen) atoms. The molecule has 5 heteroatoms. The first-order valence-corrected chi connectivity index (χ1v) is 6.56. The monoisotopic (exact) mass is 283 g/mol. The topological polar surface area (TPSA) is 98.2 Å². The molecule has 2 rings (SSSR count). The molecule has 108 valence electrons. The number of nitrogens with one attached hydrogen (secondary N) is 1. The summed E-state index contributed by atoms with van der Waals surface area (Å²) in [6, 6.07) is 14.1. The number of anilines is 1. The second-order valence-corrected chi connectivity index (χ2v) is 4.64. The van der Waals surface area contributed by atoms with E-state index in [-0.39, 0.29) is 12.3 Å². The van der Waals surface area contributed by atoms with E-state index in [1.54, 1.807) is 24.3 Å². The van der Waals surface area contributed by atoms with Crippen LogP contribution in [0.25, 0.3) is 0 Å². The van der Waals surface area contributed by atoms with E-state index in [0.717, 1.165) is 11.1 Å². The third-order valence-electron chi connectivity index (χ3n) is 3.12. The third-order valence-corrected chi connectivity index (χ3v) is 3.12. The summed E-state index contributed by atoms with van der Waals surface area (Å²) < 4.78 is 0. The number of rotatable bonds is 5. The average molecular weight is 283 g/mol. The number of nitrogens with two attached hydrogens (primary N) is 2. The Morgan fingerprint density at radius 2 is 1.71 bits per heavy atom. The van der Waals surface area contributed by atoms with Gasteiger partial charge in [0.2, 0.25) is 11.8 Å². The van der Waals surface area contributed by atoms with Crippen molar-refractivity contribution in [1.29, 1.82) is 0 Å². The van der Waals surface area contributed by atoms with Crippen LogP contribution in [0.15, 0.2) is 48.5 Å². The third kappa shape index (κ3) is 3.90. The van der Waals surface area contributed by atoms with Gasteiger partial charge < -0.3 is 16.8 Å². The van der Waals surface area contributed by atoms with Crippen LogP contribution in [0.3, 0.4) is 0 Å². The highest BCUT2D eigenvalue weighted by Crippen LogP contribution is 2.13. The van der Waals surface area contributed by atoms with Gasteiger partial charge >= 0.3 is 0 Å². The van der Waals surface area contributed by atoms with Crippen LogP contribution in [-0.4, -0.2) is 11.8 Å². The predicted molar refractivity (Wildman–Crippen MR) is 81.6 cm³/mol. The maximum absolute atomic E-state index is 12.1. The number of hydrogen-bond acceptors (Lipinski definition) is 3. The van der Waals surface area contributed by atoms with Crippen molar-refractivity contribution in [2.24, 2.45) is 11.5 Å². The number of amides is 2. The molecule has 0 spiro atoms. The number of carbonyl (C=O) groups is 2. The Bertz CT molecular complexity index is 668. The van der Waals surface area contributed by atoms with Crippen molar-refractivity contribution in [3.05, 3.63) is 65.2 Å². The van der Waals surface area contributed by atoms with E-state index in [4.69, 9.17) is 11.5 Å². The lowest BCUT2D eigenvalue weighted by molar-refractivity contribution is -0.115. The lowest BCUT2D eigenvalue weighted by Gasteiger charge is -2.09. The van der Waals surface area contributed by atoms with Crippen molar-refractivity contribution in [2.45, 2.75) is 13.0 Å². The minimum absolute atomic E-state index is 0.169. The van der Waals surface area contributed by atoms with E-state index >= 15 is 0 Å². The van der Waals surface area contributed by atoms with E-state index in [1.807, 2.05) is 24.3 Å². The number of carbonyl (C=O) groups excluding carboxylic acids is 2. The Labute approximate surface area is 123 Å². The normalized spacial score (nSPS) is 10.1. The minimum atomic E-state index is -0.528. The molecule has 0 fully saturated rings. The van der Waals surface area contributed by atoms with Gasteiger partial charge in [0, 0.05) is 17.8 Å². The number of primary amides is 1. The van der Waals surface area contributed by atoms with Crippen molar-refractivity contribution in [3.8, 4) is 0 Å². The molecule has 0 aromatic heterocycles. The zero-order chi connectivity index (χ0) is 15.2. The second kappa shape index (κ2) is 6.67. The summed E-state index contributed by atoms with van der Waals surface area (Å²) in [4.78, 5) is 23.2. The summed E-state index contributed by atoms with van der Waals surface area (Å²) in [6.07, 6.45) is 0.230. The van der Waals surface area contributed by atoms with E-state index in [2.05, 4.69) is 5.32 Å². The molecule has 0 saturated carbocycles. The van der Waals surface area contributed by atoms with Gasteiger partial charge in [0.25, 0.3) is 0 Å². The lowest BCUT2D eigenvalue weighted by atomic mass is 10.0. The molecule has 2 aromatic rings. The molecule has 0 bridgehead atoms. The van der Waals surface area contributed by atoms with E-state index in [0.29, 0.717) is 17.8 Å². The quantitative estimate of drug-likeness (QED) is 0.774. The summed E-state index contributed by atoms with van der Waals surface area (Å²) in [5.74, 6) is -0.697. The number of hydrogen-bond donors (Lipinski definition) is 3. The van der Waals surface area contributed by atoms with Gasteiger partial charge in [0.05, 0.1) is 6.42 Å². The second-order valence-electron chi connectivity index (χ2n) is 4.64. The van der Waals surface area contributed by atoms with Crippen LogP contribution in [-0.2, 0) is 17.8 Å². The number of benzene rings is 2. The van der Waals surface area contributed by atoms with Gasteiger partial charge in [-0.25, -0.2) is 0 Å². The molecule has 0 radical (unpaired) electrons. The Balaban J connectivity index is 2.08. The molecule has 0 unspecified atom stereocenters. The molecule has 2 amide bonds. The zero-order valence-electron chi connectivity index (χ0n) is 11.5. The van der Waals surface area contributed by atoms with Crippen LogP contribution >= 0.6 is 0 Å². The van der Waals surface area contributed by atoms with Gasteiger partial charge in [-0.1, -0.05) is 30.3 Å². The van der Waals surface area contributed by atoms with Crippen molar-refractivity contribution < 1.29 is 9.59 Å². The fraction of sp³-hybridized carbons (Fsp3) is 0.125. The summed E-state index contributed by atoms with van der Waals surface area (Å²) >= 11 is 0.